The van der Waals surface area contributed by atoms with Crippen LogP contribution in [0.2, 0.25) is 0 Å². The Kier molecular flexibility index (Phi) is 7.24. The first-order valence-corrected chi connectivity index (χ1v) is 8.77. The Bertz CT molecular complexity index is 656. The summed E-state index contributed by atoms with van der Waals surface area (Å²) in [6.07, 6.45) is 2.41. The number of hydrogen-bond donors (Lipinski definition) is 1. The van der Waals surface area contributed by atoms with Gasteiger partial charge in [-0.05, 0) is 43.0 Å². The summed E-state index contributed by atoms with van der Waals surface area (Å²) in [4.78, 5) is 25.4. The van der Waals surface area contributed by atoms with Crippen molar-refractivity contribution in [2.24, 2.45) is 0 Å². The Morgan fingerprint density at radius 1 is 1.23 bits per heavy atom. The van der Waals surface area contributed by atoms with Gasteiger partial charge in [-0.15, -0.1) is 0 Å². The van der Waals surface area contributed by atoms with Gasteiger partial charge in [0.2, 0.25) is 11.8 Å². The van der Waals surface area contributed by atoms with Gasteiger partial charge in [0.25, 0.3) is 0 Å². The third kappa shape index (κ3) is 6.54. The molecule has 7 heteroatoms. The molecule has 0 unspecified atom stereocenters. The zero-order chi connectivity index (χ0) is 19.0. The smallest absolute Gasteiger partial charge is 0.352 e. The van der Waals surface area contributed by atoms with Crippen molar-refractivity contribution in [1.29, 1.82) is 0 Å². The van der Waals surface area contributed by atoms with Gasteiger partial charge in [-0.3, -0.25) is 9.59 Å². The quantitative estimate of drug-likeness (QED) is 0.616. The molecule has 2 amide bonds. The lowest BCUT2D eigenvalue weighted by atomic mass is 10.1. The van der Waals surface area contributed by atoms with Crippen LogP contribution >= 0.6 is 0 Å². The molecular formula is C19H23F3N2O2. The zero-order valence-electron chi connectivity index (χ0n) is 14.5. The lowest BCUT2D eigenvalue weighted by Crippen LogP contribution is -2.33. The Morgan fingerprint density at radius 2 is 2.04 bits per heavy atom. The fourth-order valence-corrected chi connectivity index (χ4v) is 2.81. The largest absolute Gasteiger partial charge is 0.416 e. The summed E-state index contributed by atoms with van der Waals surface area (Å²) in [7, 11) is 0. The second kappa shape index (κ2) is 9.40. The van der Waals surface area contributed by atoms with Gasteiger partial charge in [-0.1, -0.05) is 18.6 Å². The molecule has 1 fully saturated rings. The van der Waals surface area contributed by atoms with E-state index in [1.807, 2.05) is 4.90 Å². The molecular weight excluding hydrogens is 345 g/mol. The van der Waals surface area contributed by atoms with Crippen LogP contribution in [0.1, 0.15) is 43.2 Å². The predicted molar refractivity (Wildman–Crippen MR) is 93.2 cm³/mol. The highest BCUT2D eigenvalue weighted by molar-refractivity contribution is 5.91. The molecule has 26 heavy (non-hydrogen) atoms. The molecule has 1 saturated heterocycles. The van der Waals surface area contributed by atoms with Crippen LogP contribution in [0.15, 0.2) is 30.3 Å². The van der Waals surface area contributed by atoms with Gasteiger partial charge in [0.1, 0.15) is 0 Å². The van der Waals surface area contributed by atoms with Crippen LogP contribution in [0.5, 0.6) is 0 Å². The van der Waals surface area contributed by atoms with Crippen molar-refractivity contribution in [2.45, 2.75) is 38.3 Å². The van der Waals surface area contributed by atoms with E-state index in [-0.39, 0.29) is 11.8 Å². The van der Waals surface area contributed by atoms with E-state index in [0.717, 1.165) is 37.9 Å². The fourth-order valence-electron chi connectivity index (χ4n) is 2.81. The van der Waals surface area contributed by atoms with E-state index in [9.17, 15) is 22.8 Å². The van der Waals surface area contributed by atoms with Crippen molar-refractivity contribution in [3.05, 3.63) is 41.5 Å². The van der Waals surface area contributed by atoms with Crippen molar-refractivity contribution >= 4 is 17.9 Å². The first kappa shape index (κ1) is 20.0. The van der Waals surface area contributed by atoms with E-state index in [0.29, 0.717) is 31.5 Å². The minimum Gasteiger partial charge on any atom is -0.352 e. The van der Waals surface area contributed by atoms with E-state index in [2.05, 4.69) is 5.32 Å². The minimum atomic E-state index is -4.41. The Morgan fingerprint density at radius 3 is 2.81 bits per heavy atom. The summed E-state index contributed by atoms with van der Waals surface area (Å²) >= 11 is 0. The van der Waals surface area contributed by atoms with E-state index in [1.54, 1.807) is 0 Å². The first-order chi connectivity index (χ1) is 12.4. The van der Waals surface area contributed by atoms with Crippen molar-refractivity contribution in [1.82, 2.24) is 10.2 Å². The number of alkyl halides is 3. The number of nitrogens with one attached hydrogen (secondary N) is 1. The van der Waals surface area contributed by atoms with Crippen molar-refractivity contribution in [3.8, 4) is 0 Å². The summed E-state index contributed by atoms with van der Waals surface area (Å²) in [6.45, 7) is 1.79. The van der Waals surface area contributed by atoms with Crippen LogP contribution < -0.4 is 5.32 Å². The number of nitrogens with zero attached hydrogens (tertiary/aromatic N) is 1. The van der Waals surface area contributed by atoms with Gasteiger partial charge in [0.05, 0.1) is 5.56 Å². The summed E-state index contributed by atoms with van der Waals surface area (Å²) < 4.78 is 37.9. The highest BCUT2D eigenvalue weighted by Crippen LogP contribution is 2.29. The summed E-state index contributed by atoms with van der Waals surface area (Å²) in [6, 6.07) is 4.79. The number of carbonyl (C=O) groups is 2. The summed E-state index contributed by atoms with van der Waals surface area (Å²) in [5.74, 6) is -0.206. The number of likely N-dealkylation sites (tertiary alicyclic amines) is 1. The zero-order valence-corrected chi connectivity index (χ0v) is 14.5. The fraction of sp³-hybridized carbons (Fsp3) is 0.474. The molecule has 1 N–H and O–H groups in total. The average Bonchev–Trinajstić information content (AvgIpc) is 2.81. The van der Waals surface area contributed by atoms with Gasteiger partial charge in [0.15, 0.2) is 0 Å². The Labute approximate surface area is 151 Å². The van der Waals surface area contributed by atoms with Crippen LogP contribution in [0.4, 0.5) is 13.2 Å². The van der Waals surface area contributed by atoms with Gasteiger partial charge < -0.3 is 10.2 Å². The lowest BCUT2D eigenvalue weighted by molar-refractivity contribution is -0.137. The van der Waals surface area contributed by atoms with E-state index >= 15 is 0 Å². The monoisotopic (exact) mass is 368 g/mol. The maximum atomic E-state index is 12.6. The van der Waals surface area contributed by atoms with Crippen LogP contribution in [-0.4, -0.2) is 36.3 Å². The molecule has 1 aromatic rings. The molecule has 4 nitrogen and oxygen atoms in total. The molecule has 0 atom stereocenters. The summed E-state index contributed by atoms with van der Waals surface area (Å²) in [5, 5.41) is 2.68. The topological polar surface area (TPSA) is 49.4 Å². The van der Waals surface area contributed by atoms with Crippen molar-refractivity contribution in [2.75, 3.05) is 19.6 Å². The molecule has 142 valence electrons. The van der Waals surface area contributed by atoms with Crippen molar-refractivity contribution in [3.63, 3.8) is 0 Å². The molecule has 0 radical (unpaired) electrons. The van der Waals surface area contributed by atoms with E-state index in [4.69, 9.17) is 0 Å². The van der Waals surface area contributed by atoms with Crippen molar-refractivity contribution < 1.29 is 22.8 Å². The number of rotatable bonds is 6. The number of amides is 2. The van der Waals surface area contributed by atoms with Crippen LogP contribution in [0.25, 0.3) is 6.08 Å². The molecule has 1 aliphatic rings. The second-order valence-electron chi connectivity index (χ2n) is 6.29. The minimum absolute atomic E-state index is 0.165. The molecule has 1 aliphatic heterocycles. The number of hydrogen-bond acceptors (Lipinski definition) is 2. The summed E-state index contributed by atoms with van der Waals surface area (Å²) in [5.41, 5.74) is -0.438. The number of halogens is 3. The van der Waals surface area contributed by atoms with E-state index in [1.165, 1.54) is 24.3 Å². The molecule has 2 rings (SSSR count). The standard InChI is InChI=1S/C19H23F3N2O2/c20-19(21,22)16-7-4-6-15(14-16)9-10-17(25)23-11-5-13-24-12-3-1-2-8-18(24)26/h4,6-7,9-10,14H,1-3,5,8,11-13H2,(H,23,25)/b10-9+. The highest BCUT2D eigenvalue weighted by Gasteiger charge is 2.30. The molecule has 1 heterocycles. The maximum absolute atomic E-state index is 12.6. The average molecular weight is 368 g/mol. The lowest BCUT2D eigenvalue weighted by Gasteiger charge is -2.20. The number of benzene rings is 1. The number of carbonyl (C=O) groups excluding carboxylic acids is 2. The third-order valence-corrected chi connectivity index (χ3v) is 4.22. The Balaban J connectivity index is 1.75. The van der Waals surface area contributed by atoms with Crippen LogP contribution in [0, 0.1) is 0 Å². The molecule has 0 aromatic heterocycles. The van der Waals surface area contributed by atoms with Gasteiger partial charge in [-0.25, -0.2) is 0 Å². The molecule has 1 aromatic carbocycles. The molecule has 0 aliphatic carbocycles. The first-order valence-electron chi connectivity index (χ1n) is 8.77. The van der Waals surface area contributed by atoms with Crippen LogP contribution in [0.3, 0.4) is 0 Å². The van der Waals surface area contributed by atoms with Gasteiger partial charge in [0, 0.05) is 32.1 Å². The Hall–Kier alpha value is -2.31. The van der Waals surface area contributed by atoms with Gasteiger partial charge in [-0.2, -0.15) is 13.2 Å². The van der Waals surface area contributed by atoms with E-state index < -0.39 is 11.7 Å². The maximum Gasteiger partial charge on any atom is 0.416 e. The molecule has 0 spiro atoms. The third-order valence-electron chi connectivity index (χ3n) is 4.22. The van der Waals surface area contributed by atoms with Gasteiger partial charge >= 0.3 is 6.18 Å². The predicted octanol–water partition coefficient (Wildman–Crippen LogP) is 3.63. The second-order valence-corrected chi connectivity index (χ2v) is 6.29. The molecule has 0 bridgehead atoms. The normalized spacial score (nSPS) is 16.0. The highest BCUT2D eigenvalue weighted by atomic mass is 19.4. The SMILES string of the molecule is O=C(/C=C/c1cccc(C(F)(F)F)c1)NCCCN1CCCCCC1=O. The molecule has 0 saturated carbocycles. The van der Waals surface area contributed by atoms with Crippen LogP contribution in [-0.2, 0) is 15.8 Å².